The third-order valence-corrected chi connectivity index (χ3v) is 13.2. The summed E-state index contributed by atoms with van der Waals surface area (Å²) in [6.07, 6.45) is 70.3. The van der Waals surface area contributed by atoms with Crippen molar-refractivity contribution in [2.75, 3.05) is 19.8 Å². The Labute approximate surface area is 412 Å². The van der Waals surface area contributed by atoms with E-state index >= 15 is 0 Å². The summed E-state index contributed by atoms with van der Waals surface area (Å²) in [5, 5.41) is 0. The van der Waals surface area contributed by atoms with Crippen molar-refractivity contribution >= 4 is 11.9 Å². The number of hydrogen-bond acceptors (Lipinski definition) is 5. The number of unbranched alkanes of at least 4 members (excludes halogenated alkanes) is 38. The van der Waals surface area contributed by atoms with E-state index in [4.69, 9.17) is 14.2 Å². The molecule has 0 saturated heterocycles. The van der Waals surface area contributed by atoms with Crippen LogP contribution in [0.25, 0.3) is 0 Å². The molecule has 5 nitrogen and oxygen atoms in total. The third kappa shape index (κ3) is 54.7. The van der Waals surface area contributed by atoms with Gasteiger partial charge in [0.25, 0.3) is 0 Å². The van der Waals surface area contributed by atoms with Gasteiger partial charge in [-0.05, 0) is 57.8 Å². The summed E-state index contributed by atoms with van der Waals surface area (Å²) in [6, 6.07) is 0. The van der Waals surface area contributed by atoms with Gasteiger partial charge in [-0.1, -0.05) is 282 Å². The molecule has 0 bridgehead atoms. The lowest BCUT2D eigenvalue weighted by atomic mass is 10.0. The van der Waals surface area contributed by atoms with Crippen LogP contribution in [-0.2, 0) is 23.8 Å². The van der Waals surface area contributed by atoms with Gasteiger partial charge >= 0.3 is 11.9 Å². The van der Waals surface area contributed by atoms with E-state index in [1.165, 1.54) is 231 Å². The molecular weight excluding hydrogens is 813 g/mol. The number of hydrogen-bond donors (Lipinski definition) is 0. The molecule has 0 amide bonds. The second-order valence-electron chi connectivity index (χ2n) is 19.9. The topological polar surface area (TPSA) is 61.8 Å². The highest BCUT2D eigenvalue weighted by molar-refractivity contribution is 5.70. The number of rotatable bonds is 55. The van der Waals surface area contributed by atoms with Crippen molar-refractivity contribution in [3.63, 3.8) is 0 Å². The van der Waals surface area contributed by atoms with Crippen molar-refractivity contribution in [2.45, 2.75) is 322 Å². The maximum atomic E-state index is 12.8. The van der Waals surface area contributed by atoms with Gasteiger partial charge in [-0.15, -0.1) is 0 Å². The maximum Gasteiger partial charge on any atom is 0.306 e. The first kappa shape index (κ1) is 64.1. The number of esters is 2. The molecule has 0 aliphatic heterocycles. The summed E-state index contributed by atoms with van der Waals surface area (Å²) in [5.74, 6) is -0.383. The summed E-state index contributed by atoms with van der Waals surface area (Å²) in [4.78, 5) is 25.5. The van der Waals surface area contributed by atoms with Crippen molar-refractivity contribution in [3.05, 3.63) is 36.5 Å². The van der Waals surface area contributed by atoms with Crippen molar-refractivity contribution in [3.8, 4) is 0 Å². The van der Waals surface area contributed by atoms with E-state index < -0.39 is 6.10 Å². The molecule has 0 saturated carbocycles. The van der Waals surface area contributed by atoms with Crippen LogP contribution >= 0.6 is 0 Å². The molecule has 0 aliphatic carbocycles. The molecule has 0 aromatic heterocycles. The van der Waals surface area contributed by atoms with Gasteiger partial charge in [0.1, 0.15) is 6.61 Å². The Morgan fingerprint density at radius 3 is 1.05 bits per heavy atom. The second kappa shape index (κ2) is 57.4. The summed E-state index contributed by atoms with van der Waals surface area (Å²) in [7, 11) is 0. The van der Waals surface area contributed by atoms with E-state index in [-0.39, 0.29) is 25.2 Å². The fraction of sp³-hybridized carbons (Fsp3) is 0.869. The first-order chi connectivity index (χ1) is 32.6. The normalized spacial score (nSPS) is 12.3. The van der Waals surface area contributed by atoms with E-state index in [1.54, 1.807) is 0 Å². The van der Waals surface area contributed by atoms with Gasteiger partial charge in [0, 0.05) is 19.4 Å². The molecular formula is C61H114O5. The molecule has 0 fully saturated rings. The average Bonchev–Trinajstić information content (AvgIpc) is 3.32. The Morgan fingerprint density at radius 1 is 0.333 bits per heavy atom. The zero-order chi connectivity index (χ0) is 47.7. The molecule has 0 aliphatic rings. The minimum atomic E-state index is -0.536. The predicted molar refractivity (Wildman–Crippen MR) is 288 cm³/mol. The van der Waals surface area contributed by atoms with Gasteiger partial charge in [-0.25, -0.2) is 0 Å². The molecule has 66 heavy (non-hydrogen) atoms. The van der Waals surface area contributed by atoms with E-state index in [9.17, 15) is 9.59 Å². The summed E-state index contributed by atoms with van der Waals surface area (Å²) in [5.41, 5.74) is 0. The van der Waals surface area contributed by atoms with Crippen LogP contribution < -0.4 is 0 Å². The van der Waals surface area contributed by atoms with Gasteiger partial charge < -0.3 is 14.2 Å². The fourth-order valence-corrected chi connectivity index (χ4v) is 8.76. The Hall–Kier alpha value is -1.88. The quantitative estimate of drug-likeness (QED) is 0.0345. The lowest BCUT2D eigenvalue weighted by molar-refractivity contribution is -0.163. The van der Waals surface area contributed by atoms with E-state index in [1.807, 2.05) is 0 Å². The zero-order valence-electron chi connectivity index (χ0n) is 44.7. The van der Waals surface area contributed by atoms with Gasteiger partial charge in [0.2, 0.25) is 0 Å². The van der Waals surface area contributed by atoms with Crippen LogP contribution in [0.1, 0.15) is 316 Å². The van der Waals surface area contributed by atoms with Crippen LogP contribution in [0.4, 0.5) is 0 Å². The number of ether oxygens (including phenoxy) is 3. The predicted octanol–water partition coefficient (Wildman–Crippen LogP) is 20.1. The lowest BCUT2D eigenvalue weighted by Gasteiger charge is -2.18. The van der Waals surface area contributed by atoms with Crippen molar-refractivity contribution < 1.29 is 23.8 Å². The van der Waals surface area contributed by atoms with Crippen LogP contribution in [0.15, 0.2) is 36.5 Å². The molecule has 0 spiro atoms. The molecule has 0 aromatic rings. The molecule has 1 atom stereocenters. The molecule has 0 N–H and O–H groups in total. The Balaban J connectivity index is 4.17. The Bertz CT molecular complexity index is 1050. The second-order valence-corrected chi connectivity index (χ2v) is 19.9. The van der Waals surface area contributed by atoms with Crippen molar-refractivity contribution in [1.82, 2.24) is 0 Å². The molecule has 0 heterocycles. The van der Waals surface area contributed by atoms with Crippen LogP contribution in [0.3, 0.4) is 0 Å². The number of carbonyl (C=O) groups is 2. The van der Waals surface area contributed by atoms with E-state index in [2.05, 4.69) is 57.2 Å². The first-order valence-electron chi connectivity index (χ1n) is 29.5. The Morgan fingerprint density at radius 2 is 0.636 bits per heavy atom. The minimum Gasteiger partial charge on any atom is -0.462 e. The largest absolute Gasteiger partial charge is 0.462 e. The van der Waals surface area contributed by atoms with Crippen LogP contribution in [0.2, 0.25) is 0 Å². The summed E-state index contributed by atoms with van der Waals surface area (Å²) >= 11 is 0. The molecule has 5 heteroatoms. The van der Waals surface area contributed by atoms with Gasteiger partial charge in [0.15, 0.2) is 6.10 Å². The average molecular weight is 928 g/mol. The summed E-state index contributed by atoms with van der Waals surface area (Å²) < 4.78 is 17.5. The maximum absolute atomic E-state index is 12.8. The SMILES string of the molecule is CCCCC/C=C\C/C=C\C/C=C\CCCCCCCCCOCC(COC(=O)CCCCCCCCCCCCCCCCCCCCC)OC(=O)CCCCCCCCCCCCC. The first-order valence-corrected chi connectivity index (χ1v) is 29.5. The van der Waals surface area contributed by atoms with Crippen LogP contribution in [0.5, 0.6) is 0 Å². The highest BCUT2D eigenvalue weighted by Gasteiger charge is 2.17. The van der Waals surface area contributed by atoms with Crippen LogP contribution in [-0.4, -0.2) is 37.9 Å². The zero-order valence-corrected chi connectivity index (χ0v) is 44.7. The van der Waals surface area contributed by atoms with Gasteiger partial charge in [-0.2, -0.15) is 0 Å². The monoisotopic (exact) mass is 927 g/mol. The number of carbonyl (C=O) groups excluding carboxylic acids is 2. The molecule has 388 valence electrons. The molecule has 1 unspecified atom stereocenters. The fourth-order valence-electron chi connectivity index (χ4n) is 8.76. The van der Waals surface area contributed by atoms with E-state index in [0.29, 0.717) is 19.4 Å². The van der Waals surface area contributed by atoms with Crippen molar-refractivity contribution in [2.24, 2.45) is 0 Å². The van der Waals surface area contributed by atoms with Crippen LogP contribution in [0, 0.1) is 0 Å². The summed E-state index contributed by atoms with van der Waals surface area (Å²) in [6.45, 7) is 7.84. The smallest absolute Gasteiger partial charge is 0.306 e. The van der Waals surface area contributed by atoms with E-state index in [0.717, 1.165) is 51.4 Å². The molecule has 0 aromatic carbocycles. The standard InChI is InChI=1S/C61H114O5/c1-4-7-10-13-16-19-22-24-26-28-30-32-34-36-38-41-44-47-50-53-56-64-57-59(66-61(63)55-52-49-46-43-39-21-18-15-12-9-6-3)58-65-60(62)54-51-48-45-42-40-37-35-33-31-29-27-25-23-20-17-14-11-8-5-2/h16,19,24,26,30,32,59H,4-15,17-18,20-23,25,27-29,31,33-58H2,1-3H3/b19-16-,26-24-,32-30-. The molecule has 0 rings (SSSR count). The number of allylic oxidation sites excluding steroid dienone is 6. The third-order valence-electron chi connectivity index (χ3n) is 13.2. The Kier molecular flexibility index (Phi) is 55.8. The highest BCUT2D eigenvalue weighted by atomic mass is 16.6. The van der Waals surface area contributed by atoms with Gasteiger partial charge in [0.05, 0.1) is 6.61 Å². The highest BCUT2D eigenvalue weighted by Crippen LogP contribution is 2.17. The van der Waals surface area contributed by atoms with Gasteiger partial charge in [-0.3, -0.25) is 9.59 Å². The minimum absolute atomic E-state index is 0.0880. The van der Waals surface area contributed by atoms with Crippen molar-refractivity contribution in [1.29, 1.82) is 0 Å². The molecule has 0 radical (unpaired) electrons. The lowest BCUT2D eigenvalue weighted by Crippen LogP contribution is -2.30.